The molecule has 1 aromatic rings. The van der Waals surface area contributed by atoms with Crippen LogP contribution in [0.3, 0.4) is 0 Å². The SMILES string of the molecule is C/N=c1\ccc2nc3ccc(NC)cc3sc-2c1. The van der Waals surface area contributed by atoms with Gasteiger partial charge in [-0.15, -0.1) is 11.3 Å². The zero-order valence-electron chi connectivity index (χ0n) is 10.3. The Hall–Kier alpha value is -1.94. The Labute approximate surface area is 109 Å². The van der Waals surface area contributed by atoms with Crippen molar-refractivity contribution in [1.29, 1.82) is 0 Å². The largest absolute Gasteiger partial charge is 0.388 e. The van der Waals surface area contributed by atoms with Crippen LogP contribution in [0.4, 0.5) is 5.69 Å². The molecule has 18 heavy (non-hydrogen) atoms. The van der Waals surface area contributed by atoms with Crippen molar-refractivity contribution in [3.05, 3.63) is 41.8 Å². The van der Waals surface area contributed by atoms with Gasteiger partial charge in [0.15, 0.2) is 0 Å². The zero-order chi connectivity index (χ0) is 12.5. The summed E-state index contributed by atoms with van der Waals surface area (Å²) in [5.41, 5.74) is 3.17. The van der Waals surface area contributed by atoms with Gasteiger partial charge in [0.1, 0.15) is 0 Å². The number of anilines is 1. The molecule has 3 rings (SSSR count). The highest BCUT2D eigenvalue weighted by atomic mass is 32.1. The number of nitrogens with one attached hydrogen (secondary N) is 1. The van der Waals surface area contributed by atoms with Gasteiger partial charge in [-0.1, -0.05) is 0 Å². The number of aromatic nitrogens is 1. The maximum Gasteiger partial charge on any atom is 0.0811 e. The monoisotopic (exact) mass is 255 g/mol. The number of rotatable bonds is 1. The normalized spacial score (nSPS) is 12.2. The van der Waals surface area contributed by atoms with E-state index in [0.717, 1.165) is 22.3 Å². The minimum absolute atomic E-state index is 0.990. The number of hydrogen-bond donors (Lipinski definition) is 1. The number of nitrogens with zero attached hydrogens (tertiary/aromatic N) is 2. The van der Waals surface area contributed by atoms with E-state index in [0.29, 0.717) is 0 Å². The van der Waals surface area contributed by atoms with Gasteiger partial charge in [-0.3, -0.25) is 4.99 Å². The average Bonchev–Trinajstić information content (AvgIpc) is 2.43. The fourth-order valence-electron chi connectivity index (χ4n) is 1.91. The Kier molecular flexibility index (Phi) is 2.72. The summed E-state index contributed by atoms with van der Waals surface area (Å²) in [5, 5.41) is 4.14. The molecule has 90 valence electrons. The van der Waals surface area contributed by atoms with Crippen LogP contribution in [-0.2, 0) is 0 Å². The summed E-state index contributed by atoms with van der Waals surface area (Å²) < 4.78 is 1.18. The molecule has 0 atom stereocenters. The molecule has 4 heteroatoms. The van der Waals surface area contributed by atoms with E-state index in [1.54, 1.807) is 18.4 Å². The minimum atomic E-state index is 0.990. The van der Waals surface area contributed by atoms with Gasteiger partial charge in [-0.25, -0.2) is 4.98 Å². The molecule has 0 unspecified atom stereocenters. The van der Waals surface area contributed by atoms with Crippen LogP contribution >= 0.6 is 11.3 Å². The van der Waals surface area contributed by atoms with Gasteiger partial charge in [-0.2, -0.15) is 0 Å². The first-order chi connectivity index (χ1) is 8.80. The standard InChI is InChI=1S/C14H13N3S/c1-15-9-3-5-11-13(7-9)18-14-8-10(16-2)4-6-12(14)17-11/h3-8,15H,1-2H3/b16-10+. The van der Waals surface area contributed by atoms with E-state index in [9.17, 15) is 0 Å². The Morgan fingerprint density at radius 2 is 2.06 bits per heavy atom. The fourth-order valence-corrected chi connectivity index (χ4v) is 2.95. The molecular weight excluding hydrogens is 242 g/mol. The quantitative estimate of drug-likeness (QED) is 0.679. The highest BCUT2D eigenvalue weighted by molar-refractivity contribution is 7.21. The van der Waals surface area contributed by atoms with Gasteiger partial charge < -0.3 is 5.32 Å². The molecule has 0 spiro atoms. The summed E-state index contributed by atoms with van der Waals surface area (Å²) in [4.78, 5) is 10.0. The summed E-state index contributed by atoms with van der Waals surface area (Å²) in [6, 6.07) is 12.3. The molecular formula is C14H13N3S. The van der Waals surface area contributed by atoms with E-state index in [2.05, 4.69) is 33.5 Å². The van der Waals surface area contributed by atoms with Crippen LogP contribution in [0.2, 0.25) is 0 Å². The second-order valence-electron chi connectivity index (χ2n) is 4.02. The van der Waals surface area contributed by atoms with Crippen molar-refractivity contribution >= 4 is 27.2 Å². The Morgan fingerprint density at radius 1 is 1.17 bits per heavy atom. The summed E-state index contributed by atoms with van der Waals surface area (Å²) in [6.07, 6.45) is 0. The van der Waals surface area contributed by atoms with Crippen LogP contribution in [0.25, 0.3) is 20.8 Å². The molecule has 1 N–H and O–H groups in total. The lowest BCUT2D eigenvalue weighted by molar-refractivity contribution is 1.26. The van der Waals surface area contributed by atoms with E-state index in [1.807, 2.05) is 25.2 Å². The predicted molar refractivity (Wildman–Crippen MR) is 77.3 cm³/mol. The second kappa shape index (κ2) is 4.38. The van der Waals surface area contributed by atoms with E-state index in [4.69, 9.17) is 0 Å². The Balaban J connectivity index is 2.34. The van der Waals surface area contributed by atoms with Gasteiger partial charge in [0.25, 0.3) is 0 Å². The summed E-state index contributed by atoms with van der Waals surface area (Å²) in [6.45, 7) is 0. The average molecular weight is 255 g/mol. The van der Waals surface area contributed by atoms with E-state index in [-0.39, 0.29) is 0 Å². The van der Waals surface area contributed by atoms with Crippen molar-refractivity contribution in [3.8, 4) is 10.6 Å². The molecule has 3 nitrogen and oxygen atoms in total. The lowest BCUT2D eigenvalue weighted by Gasteiger charge is -2.07. The van der Waals surface area contributed by atoms with Crippen LogP contribution < -0.4 is 10.7 Å². The molecule has 1 aromatic carbocycles. The Morgan fingerprint density at radius 3 is 2.83 bits per heavy atom. The summed E-state index contributed by atoms with van der Waals surface area (Å²) in [5.74, 6) is 0. The Bertz CT molecular complexity index is 746. The van der Waals surface area contributed by atoms with Crippen molar-refractivity contribution in [3.63, 3.8) is 0 Å². The molecule has 1 heterocycles. The smallest absolute Gasteiger partial charge is 0.0811 e. The van der Waals surface area contributed by atoms with E-state index in [1.165, 1.54) is 9.58 Å². The maximum atomic E-state index is 4.67. The van der Waals surface area contributed by atoms with Crippen LogP contribution in [0.5, 0.6) is 0 Å². The molecule has 1 aliphatic carbocycles. The maximum absolute atomic E-state index is 4.67. The number of fused-ring (bicyclic) bond motifs is 2. The van der Waals surface area contributed by atoms with Crippen molar-refractivity contribution < 1.29 is 0 Å². The van der Waals surface area contributed by atoms with Gasteiger partial charge in [-0.05, 0) is 36.4 Å². The van der Waals surface area contributed by atoms with Crippen LogP contribution in [0.1, 0.15) is 0 Å². The lowest BCUT2D eigenvalue weighted by Crippen LogP contribution is -2.00. The third-order valence-electron chi connectivity index (χ3n) is 2.91. The summed E-state index contributed by atoms with van der Waals surface area (Å²) >= 11 is 1.75. The van der Waals surface area contributed by atoms with Gasteiger partial charge >= 0.3 is 0 Å². The number of benzene rings is 2. The third kappa shape index (κ3) is 1.84. The van der Waals surface area contributed by atoms with Crippen LogP contribution in [0.15, 0.2) is 41.4 Å². The van der Waals surface area contributed by atoms with E-state index < -0.39 is 0 Å². The highest BCUT2D eigenvalue weighted by Crippen LogP contribution is 2.30. The minimum Gasteiger partial charge on any atom is -0.388 e. The first kappa shape index (κ1) is 11.2. The first-order valence-corrected chi connectivity index (χ1v) is 6.57. The molecule has 2 aliphatic rings. The lowest BCUT2D eigenvalue weighted by atomic mass is 10.2. The van der Waals surface area contributed by atoms with Gasteiger partial charge in [0.05, 0.1) is 26.1 Å². The summed E-state index contributed by atoms with van der Waals surface area (Å²) in [7, 11) is 3.73. The van der Waals surface area contributed by atoms with Gasteiger partial charge in [0, 0.05) is 19.8 Å². The zero-order valence-corrected chi connectivity index (χ0v) is 11.1. The fraction of sp³-hybridized carbons (Fsp3) is 0.143. The molecule has 0 radical (unpaired) electrons. The molecule has 0 fully saturated rings. The highest BCUT2D eigenvalue weighted by Gasteiger charge is 2.06. The topological polar surface area (TPSA) is 37.3 Å². The molecule has 0 amide bonds. The van der Waals surface area contributed by atoms with Gasteiger partial charge in [0.2, 0.25) is 0 Å². The molecule has 1 aliphatic heterocycles. The first-order valence-electron chi connectivity index (χ1n) is 5.75. The third-order valence-corrected chi connectivity index (χ3v) is 4.00. The van der Waals surface area contributed by atoms with Crippen molar-refractivity contribution in [2.24, 2.45) is 4.99 Å². The van der Waals surface area contributed by atoms with E-state index >= 15 is 0 Å². The van der Waals surface area contributed by atoms with Crippen molar-refractivity contribution in [2.45, 2.75) is 0 Å². The number of hydrogen-bond acceptors (Lipinski definition) is 4. The van der Waals surface area contributed by atoms with Crippen molar-refractivity contribution in [2.75, 3.05) is 19.4 Å². The molecule has 0 saturated heterocycles. The van der Waals surface area contributed by atoms with Crippen LogP contribution in [-0.4, -0.2) is 19.1 Å². The van der Waals surface area contributed by atoms with Crippen LogP contribution in [0, 0.1) is 0 Å². The predicted octanol–water partition coefficient (Wildman–Crippen LogP) is 2.97. The van der Waals surface area contributed by atoms with Crippen molar-refractivity contribution in [1.82, 2.24) is 4.98 Å². The molecule has 0 saturated carbocycles. The second-order valence-corrected chi connectivity index (χ2v) is 5.11. The molecule has 0 aromatic heterocycles. The molecule has 0 bridgehead atoms.